The molecule has 0 aromatic heterocycles. The van der Waals surface area contributed by atoms with Crippen LogP contribution in [0, 0.1) is 0 Å². The lowest BCUT2D eigenvalue weighted by molar-refractivity contribution is 0.0729. The summed E-state index contributed by atoms with van der Waals surface area (Å²) in [7, 11) is 4.09. The highest BCUT2D eigenvalue weighted by Gasteiger charge is 2.23. The molecule has 1 unspecified atom stereocenters. The second kappa shape index (κ2) is 8.89. The lowest BCUT2D eigenvalue weighted by Gasteiger charge is -2.35. The zero-order chi connectivity index (χ0) is 13.4. The van der Waals surface area contributed by atoms with Gasteiger partial charge in [-0.3, -0.25) is 4.90 Å². The minimum Gasteiger partial charge on any atom is -0.383 e. The van der Waals surface area contributed by atoms with Gasteiger partial charge >= 0.3 is 0 Å². The Kier molecular flexibility index (Phi) is 7.87. The first-order valence-corrected chi connectivity index (χ1v) is 7.59. The molecular formula is C15H32N2O. The zero-order valence-corrected chi connectivity index (χ0v) is 12.7. The largest absolute Gasteiger partial charge is 0.383 e. The molecule has 1 aliphatic rings. The molecule has 0 saturated heterocycles. The predicted octanol–water partition coefficient (Wildman–Crippen LogP) is 2.65. The van der Waals surface area contributed by atoms with Gasteiger partial charge in [0.25, 0.3) is 0 Å². The molecule has 0 spiro atoms. The van der Waals surface area contributed by atoms with E-state index in [1.165, 1.54) is 38.5 Å². The van der Waals surface area contributed by atoms with Gasteiger partial charge in [-0.25, -0.2) is 0 Å². The minimum absolute atomic E-state index is 0.500. The van der Waals surface area contributed by atoms with Crippen LogP contribution in [-0.2, 0) is 4.74 Å². The van der Waals surface area contributed by atoms with E-state index < -0.39 is 0 Å². The van der Waals surface area contributed by atoms with Crippen molar-refractivity contribution in [3.05, 3.63) is 0 Å². The monoisotopic (exact) mass is 256 g/mol. The van der Waals surface area contributed by atoms with Crippen LogP contribution in [0.2, 0.25) is 0 Å². The lowest BCUT2D eigenvalue weighted by Crippen LogP contribution is -2.48. The van der Waals surface area contributed by atoms with Crippen LogP contribution in [0.3, 0.4) is 0 Å². The number of nitrogens with one attached hydrogen (secondary N) is 1. The molecule has 3 nitrogen and oxygen atoms in total. The molecule has 1 N–H and O–H groups in total. The number of ether oxygens (including phenoxy) is 1. The van der Waals surface area contributed by atoms with Crippen molar-refractivity contribution in [3.63, 3.8) is 0 Å². The van der Waals surface area contributed by atoms with Gasteiger partial charge in [0, 0.05) is 31.8 Å². The molecule has 1 fully saturated rings. The summed E-state index contributed by atoms with van der Waals surface area (Å²) < 4.78 is 5.40. The van der Waals surface area contributed by atoms with E-state index in [2.05, 4.69) is 31.1 Å². The van der Waals surface area contributed by atoms with Crippen LogP contribution in [0.4, 0.5) is 0 Å². The first-order valence-electron chi connectivity index (χ1n) is 7.59. The molecule has 0 aromatic rings. The molecule has 0 aliphatic heterocycles. The Balaban J connectivity index is 2.47. The van der Waals surface area contributed by atoms with Gasteiger partial charge in [0.2, 0.25) is 0 Å². The van der Waals surface area contributed by atoms with Crippen LogP contribution in [-0.4, -0.2) is 50.3 Å². The SMILES string of the molecule is COCC(CNC(C)C)N(C)C1CCCCCC1. The summed E-state index contributed by atoms with van der Waals surface area (Å²) in [6, 6.07) is 1.80. The first kappa shape index (κ1) is 15.9. The van der Waals surface area contributed by atoms with Gasteiger partial charge in [0.15, 0.2) is 0 Å². The number of rotatable bonds is 7. The molecule has 18 heavy (non-hydrogen) atoms. The fraction of sp³-hybridized carbons (Fsp3) is 1.00. The Hall–Kier alpha value is -0.120. The average molecular weight is 256 g/mol. The van der Waals surface area contributed by atoms with Gasteiger partial charge in [0.05, 0.1) is 6.61 Å². The van der Waals surface area contributed by atoms with E-state index in [4.69, 9.17) is 4.74 Å². The fourth-order valence-electron chi connectivity index (χ4n) is 2.85. The normalized spacial score (nSPS) is 20.3. The maximum Gasteiger partial charge on any atom is 0.0630 e. The summed E-state index contributed by atoms with van der Waals surface area (Å²) in [4.78, 5) is 2.56. The van der Waals surface area contributed by atoms with Crippen molar-refractivity contribution in [2.45, 2.75) is 70.5 Å². The van der Waals surface area contributed by atoms with Gasteiger partial charge in [-0.2, -0.15) is 0 Å². The van der Waals surface area contributed by atoms with Gasteiger partial charge in [-0.1, -0.05) is 39.5 Å². The van der Waals surface area contributed by atoms with Gasteiger partial charge in [0.1, 0.15) is 0 Å². The second-order valence-corrected chi connectivity index (χ2v) is 5.98. The maximum absolute atomic E-state index is 5.40. The van der Waals surface area contributed by atoms with Crippen LogP contribution in [0.1, 0.15) is 52.4 Å². The van der Waals surface area contributed by atoms with Crippen LogP contribution < -0.4 is 5.32 Å². The van der Waals surface area contributed by atoms with E-state index in [1.807, 2.05) is 7.11 Å². The maximum atomic E-state index is 5.40. The summed E-state index contributed by atoms with van der Waals surface area (Å²) in [5.74, 6) is 0. The van der Waals surface area contributed by atoms with Crippen LogP contribution >= 0.6 is 0 Å². The molecule has 1 rings (SSSR count). The molecule has 108 valence electrons. The molecule has 0 bridgehead atoms. The minimum atomic E-state index is 0.500. The van der Waals surface area contributed by atoms with Gasteiger partial charge < -0.3 is 10.1 Å². The Morgan fingerprint density at radius 2 is 1.78 bits per heavy atom. The highest BCUT2D eigenvalue weighted by atomic mass is 16.5. The molecule has 0 radical (unpaired) electrons. The molecular weight excluding hydrogens is 224 g/mol. The molecule has 0 amide bonds. The highest BCUT2D eigenvalue weighted by Crippen LogP contribution is 2.22. The lowest BCUT2D eigenvalue weighted by atomic mass is 10.1. The highest BCUT2D eigenvalue weighted by molar-refractivity contribution is 4.80. The fourth-order valence-corrected chi connectivity index (χ4v) is 2.85. The Morgan fingerprint density at radius 1 is 1.17 bits per heavy atom. The van der Waals surface area contributed by atoms with Crippen LogP contribution in [0.15, 0.2) is 0 Å². The van der Waals surface area contributed by atoms with Gasteiger partial charge in [-0.15, -0.1) is 0 Å². The third-order valence-corrected chi connectivity index (χ3v) is 4.10. The molecule has 0 heterocycles. The third kappa shape index (κ3) is 5.68. The quantitative estimate of drug-likeness (QED) is 0.709. The topological polar surface area (TPSA) is 24.5 Å². The molecule has 3 heteroatoms. The van der Waals surface area contributed by atoms with Crippen molar-refractivity contribution in [1.29, 1.82) is 0 Å². The molecule has 0 aromatic carbocycles. The zero-order valence-electron chi connectivity index (χ0n) is 12.7. The van der Waals surface area contributed by atoms with Gasteiger partial charge in [-0.05, 0) is 19.9 Å². The van der Waals surface area contributed by atoms with Crippen molar-refractivity contribution in [1.82, 2.24) is 10.2 Å². The van der Waals surface area contributed by atoms with Crippen LogP contribution in [0.25, 0.3) is 0 Å². The number of nitrogens with zero attached hydrogens (tertiary/aromatic N) is 1. The van der Waals surface area contributed by atoms with Crippen molar-refractivity contribution in [3.8, 4) is 0 Å². The second-order valence-electron chi connectivity index (χ2n) is 5.98. The van der Waals surface area contributed by atoms with E-state index in [1.54, 1.807) is 0 Å². The van der Waals surface area contributed by atoms with E-state index in [0.29, 0.717) is 12.1 Å². The van der Waals surface area contributed by atoms with E-state index in [9.17, 15) is 0 Å². The van der Waals surface area contributed by atoms with Crippen molar-refractivity contribution >= 4 is 0 Å². The number of hydrogen-bond acceptors (Lipinski definition) is 3. The van der Waals surface area contributed by atoms with E-state index >= 15 is 0 Å². The van der Waals surface area contributed by atoms with E-state index in [-0.39, 0.29) is 0 Å². The smallest absolute Gasteiger partial charge is 0.0630 e. The van der Waals surface area contributed by atoms with E-state index in [0.717, 1.165) is 19.2 Å². The third-order valence-electron chi connectivity index (χ3n) is 4.10. The summed E-state index contributed by atoms with van der Waals surface area (Å²) in [5, 5.41) is 3.54. The van der Waals surface area contributed by atoms with Crippen molar-refractivity contribution in [2.75, 3.05) is 27.3 Å². The predicted molar refractivity (Wildman–Crippen MR) is 78.1 cm³/mol. The summed E-state index contributed by atoms with van der Waals surface area (Å²) in [6.45, 7) is 6.26. The number of methoxy groups -OCH3 is 1. The molecule has 1 atom stereocenters. The Labute approximate surface area is 113 Å². The molecule has 1 aliphatic carbocycles. The summed E-state index contributed by atoms with van der Waals surface area (Å²) in [5.41, 5.74) is 0. The van der Waals surface area contributed by atoms with Crippen molar-refractivity contribution in [2.24, 2.45) is 0 Å². The first-order chi connectivity index (χ1) is 8.65. The average Bonchev–Trinajstić information content (AvgIpc) is 2.62. The number of hydrogen-bond donors (Lipinski definition) is 1. The summed E-state index contributed by atoms with van der Waals surface area (Å²) >= 11 is 0. The molecule has 1 saturated carbocycles. The Bertz CT molecular complexity index is 201. The Morgan fingerprint density at radius 3 is 2.28 bits per heavy atom. The van der Waals surface area contributed by atoms with Crippen LogP contribution in [0.5, 0.6) is 0 Å². The standard InChI is InChI=1S/C15H32N2O/c1-13(2)16-11-15(12-18-4)17(3)14-9-7-5-6-8-10-14/h13-16H,5-12H2,1-4H3. The number of likely N-dealkylation sites (N-methyl/N-ethyl adjacent to an activating group) is 1. The van der Waals surface area contributed by atoms with Crippen molar-refractivity contribution < 1.29 is 4.74 Å². The summed E-state index contributed by atoms with van der Waals surface area (Å²) in [6.07, 6.45) is 8.35.